The highest BCUT2D eigenvalue weighted by Crippen LogP contribution is 2.36. The SMILES string of the molecule is Cl.Fc1ccc(Cl)c(F)c1C1Cc2c(CCN3CCOCC3)[nH]c(=S)n2C1. The lowest BCUT2D eigenvalue weighted by Crippen LogP contribution is -2.37. The normalized spacial score (nSPS) is 19.7. The summed E-state index contributed by atoms with van der Waals surface area (Å²) in [5, 5.41) is -0.0457. The molecule has 3 heterocycles. The molecule has 1 aromatic heterocycles. The summed E-state index contributed by atoms with van der Waals surface area (Å²) in [6, 6.07) is 2.49. The van der Waals surface area contributed by atoms with Crippen LogP contribution in [-0.2, 0) is 24.1 Å². The number of aromatic amines is 1. The molecule has 1 unspecified atom stereocenters. The van der Waals surface area contributed by atoms with Gasteiger partial charge in [0, 0.05) is 55.5 Å². The van der Waals surface area contributed by atoms with Crippen molar-refractivity contribution in [3.63, 3.8) is 0 Å². The number of hydrogen-bond donors (Lipinski definition) is 1. The van der Waals surface area contributed by atoms with Crippen molar-refractivity contribution in [3.8, 4) is 0 Å². The second-order valence-corrected chi connectivity index (χ2v) is 7.62. The van der Waals surface area contributed by atoms with Crippen molar-refractivity contribution in [1.29, 1.82) is 0 Å². The Bertz CT molecular complexity index is 880. The summed E-state index contributed by atoms with van der Waals surface area (Å²) in [6.07, 6.45) is 1.39. The number of halogens is 4. The van der Waals surface area contributed by atoms with Gasteiger partial charge in [0.2, 0.25) is 0 Å². The zero-order valence-corrected chi connectivity index (χ0v) is 17.0. The average molecular weight is 436 g/mol. The Morgan fingerprint density at radius 3 is 2.74 bits per heavy atom. The fourth-order valence-electron chi connectivity index (χ4n) is 3.91. The first-order valence-corrected chi connectivity index (χ1v) is 9.57. The topological polar surface area (TPSA) is 33.2 Å². The molecule has 2 aliphatic heterocycles. The van der Waals surface area contributed by atoms with E-state index in [1.54, 1.807) is 0 Å². The molecule has 9 heteroatoms. The van der Waals surface area contributed by atoms with Gasteiger partial charge in [0.05, 0.1) is 18.2 Å². The maximum atomic E-state index is 14.4. The third-order valence-electron chi connectivity index (χ3n) is 5.29. The third-order valence-corrected chi connectivity index (χ3v) is 5.90. The summed E-state index contributed by atoms with van der Waals surface area (Å²) < 4.78 is 36.6. The molecule has 148 valence electrons. The number of benzene rings is 1. The fraction of sp³-hybridized carbons (Fsp3) is 0.500. The van der Waals surface area contributed by atoms with E-state index in [4.69, 9.17) is 28.6 Å². The molecule has 2 aromatic rings. The molecule has 0 saturated carbocycles. The number of hydrogen-bond acceptors (Lipinski definition) is 3. The Kier molecular flexibility index (Phi) is 6.58. The Hall–Kier alpha value is -0.990. The molecule has 1 aromatic carbocycles. The molecule has 0 radical (unpaired) electrons. The summed E-state index contributed by atoms with van der Waals surface area (Å²) in [6.45, 7) is 4.77. The van der Waals surface area contributed by atoms with Crippen molar-refractivity contribution in [2.75, 3.05) is 32.8 Å². The minimum absolute atomic E-state index is 0. The summed E-state index contributed by atoms with van der Waals surface area (Å²) in [4.78, 5) is 5.63. The molecule has 2 aliphatic rings. The summed E-state index contributed by atoms with van der Waals surface area (Å²) in [5.74, 6) is -1.50. The van der Waals surface area contributed by atoms with Crippen molar-refractivity contribution >= 4 is 36.2 Å². The van der Waals surface area contributed by atoms with Crippen molar-refractivity contribution in [1.82, 2.24) is 14.5 Å². The molecule has 1 atom stereocenters. The molecule has 0 spiro atoms. The van der Waals surface area contributed by atoms with Crippen LogP contribution in [0.4, 0.5) is 8.78 Å². The van der Waals surface area contributed by atoms with Gasteiger partial charge in [0.15, 0.2) is 4.77 Å². The van der Waals surface area contributed by atoms with Crippen LogP contribution in [0.2, 0.25) is 5.02 Å². The molecular formula is C18H21Cl2F2N3OS. The lowest BCUT2D eigenvalue weighted by molar-refractivity contribution is 0.0383. The highest BCUT2D eigenvalue weighted by molar-refractivity contribution is 7.71. The molecule has 4 rings (SSSR count). The quantitative estimate of drug-likeness (QED) is 0.579. The van der Waals surface area contributed by atoms with Gasteiger partial charge in [-0.15, -0.1) is 12.4 Å². The van der Waals surface area contributed by atoms with Crippen molar-refractivity contribution < 1.29 is 13.5 Å². The van der Waals surface area contributed by atoms with Crippen LogP contribution >= 0.6 is 36.2 Å². The highest BCUT2D eigenvalue weighted by atomic mass is 35.5. The van der Waals surface area contributed by atoms with Gasteiger partial charge in [0.25, 0.3) is 0 Å². The van der Waals surface area contributed by atoms with Gasteiger partial charge >= 0.3 is 0 Å². The first-order valence-electron chi connectivity index (χ1n) is 8.78. The van der Waals surface area contributed by atoms with E-state index in [2.05, 4.69) is 9.88 Å². The van der Waals surface area contributed by atoms with Crippen molar-refractivity contribution in [2.45, 2.75) is 25.3 Å². The zero-order chi connectivity index (χ0) is 18.3. The number of rotatable bonds is 4. The number of ether oxygens (including phenoxy) is 1. The minimum atomic E-state index is -0.660. The first kappa shape index (κ1) is 20.7. The highest BCUT2D eigenvalue weighted by Gasteiger charge is 2.31. The first-order chi connectivity index (χ1) is 12.5. The second-order valence-electron chi connectivity index (χ2n) is 6.83. The number of aromatic nitrogens is 2. The van der Waals surface area contributed by atoms with E-state index in [0.717, 1.165) is 50.7 Å². The molecule has 0 amide bonds. The van der Waals surface area contributed by atoms with Crippen LogP contribution in [0.1, 0.15) is 22.9 Å². The number of nitrogens with zero attached hydrogens (tertiary/aromatic N) is 2. The number of H-pyrrole nitrogens is 1. The van der Waals surface area contributed by atoms with Gasteiger partial charge in [-0.05, 0) is 30.8 Å². The molecule has 27 heavy (non-hydrogen) atoms. The maximum Gasteiger partial charge on any atom is 0.177 e. The van der Waals surface area contributed by atoms with E-state index in [-0.39, 0.29) is 28.9 Å². The summed E-state index contributed by atoms with van der Waals surface area (Å²) >= 11 is 11.3. The average Bonchev–Trinajstić information content (AvgIpc) is 3.19. The van der Waals surface area contributed by atoms with Crippen LogP contribution < -0.4 is 0 Å². The van der Waals surface area contributed by atoms with Gasteiger partial charge in [-0.3, -0.25) is 4.90 Å². The Morgan fingerprint density at radius 1 is 1.26 bits per heavy atom. The van der Waals surface area contributed by atoms with E-state index in [1.165, 1.54) is 12.1 Å². The van der Waals surface area contributed by atoms with E-state index in [0.29, 0.717) is 17.7 Å². The molecule has 4 nitrogen and oxygen atoms in total. The minimum Gasteiger partial charge on any atom is -0.379 e. The van der Waals surface area contributed by atoms with E-state index in [1.807, 2.05) is 4.57 Å². The van der Waals surface area contributed by atoms with E-state index in [9.17, 15) is 8.78 Å². The smallest absolute Gasteiger partial charge is 0.177 e. The van der Waals surface area contributed by atoms with Crippen LogP contribution in [0, 0.1) is 16.4 Å². The maximum absolute atomic E-state index is 14.4. The van der Waals surface area contributed by atoms with Crippen LogP contribution in [-0.4, -0.2) is 47.3 Å². The van der Waals surface area contributed by atoms with Crippen molar-refractivity contribution in [3.05, 3.63) is 50.5 Å². The van der Waals surface area contributed by atoms with Crippen LogP contribution in [0.25, 0.3) is 0 Å². The summed E-state index contributed by atoms with van der Waals surface area (Å²) in [7, 11) is 0. The number of morpholine rings is 1. The van der Waals surface area contributed by atoms with Crippen LogP contribution in [0.3, 0.4) is 0 Å². The number of fused-ring (bicyclic) bond motifs is 1. The van der Waals surface area contributed by atoms with Crippen LogP contribution in [0.5, 0.6) is 0 Å². The van der Waals surface area contributed by atoms with Gasteiger partial charge in [-0.1, -0.05) is 11.6 Å². The lowest BCUT2D eigenvalue weighted by atomic mass is 9.95. The molecule has 1 saturated heterocycles. The molecule has 1 N–H and O–H groups in total. The molecule has 0 aliphatic carbocycles. The molecule has 0 bridgehead atoms. The van der Waals surface area contributed by atoms with Gasteiger partial charge in [-0.2, -0.15) is 0 Å². The monoisotopic (exact) mass is 435 g/mol. The Balaban J connectivity index is 0.00000210. The van der Waals surface area contributed by atoms with Gasteiger partial charge in [0.1, 0.15) is 11.6 Å². The Morgan fingerprint density at radius 2 is 2.00 bits per heavy atom. The third kappa shape index (κ3) is 4.07. The van der Waals surface area contributed by atoms with Crippen LogP contribution in [0.15, 0.2) is 12.1 Å². The summed E-state index contributed by atoms with van der Waals surface area (Å²) in [5.41, 5.74) is 2.17. The predicted octanol–water partition coefficient (Wildman–Crippen LogP) is 4.11. The van der Waals surface area contributed by atoms with E-state index >= 15 is 0 Å². The van der Waals surface area contributed by atoms with E-state index < -0.39 is 11.6 Å². The molecule has 1 fully saturated rings. The van der Waals surface area contributed by atoms with Gasteiger partial charge in [-0.25, -0.2) is 8.78 Å². The molecular weight excluding hydrogens is 415 g/mol. The fourth-order valence-corrected chi connectivity index (χ4v) is 4.38. The Labute approximate surface area is 172 Å². The largest absolute Gasteiger partial charge is 0.379 e. The number of imidazole rings is 1. The zero-order valence-electron chi connectivity index (χ0n) is 14.6. The standard InChI is InChI=1S/C18H20ClF2N3OS.ClH/c19-12-1-2-13(20)16(17(12)21)11-9-15-14(22-18(26)24(15)10-11)3-4-23-5-7-25-8-6-23;/h1-2,11H,3-10H2,(H,22,26);1H. The second kappa shape index (κ2) is 8.57. The lowest BCUT2D eigenvalue weighted by Gasteiger charge is -2.26. The number of nitrogens with one attached hydrogen (secondary N) is 1. The predicted molar refractivity (Wildman–Crippen MR) is 106 cm³/mol. The van der Waals surface area contributed by atoms with Gasteiger partial charge < -0.3 is 14.3 Å². The van der Waals surface area contributed by atoms with Crippen molar-refractivity contribution in [2.24, 2.45) is 0 Å².